The van der Waals surface area contributed by atoms with Crippen LogP contribution < -0.4 is 15.5 Å². The minimum atomic E-state index is -0.277. The average Bonchev–Trinajstić information content (AvgIpc) is 2.86. The summed E-state index contributed by atoms with van der Waals surface area (Å²) in [7, 11) is 0. The SMILES string of the molecule is Cc1ccc(NC(=O)Nc2ccc3nc(-c4ccc(C)cc4)cc(N4CCOCC4)c3c2)cc1. The molecule has 5 rings (SSSR count). The highest BCUT2D eigenvalue weighted by atomic mass is 16.5. The zero-order valence-electron chi connectivity index (χ0n) is 19.5. The van der Waals surface area contributed by atoms with Gasteiger partial charge in [0.1, 0.15) is 0 Å². The van der Waals surface area contributed by atoms with Crippen LogP contribution in [0.1, 0.15) is 11.1 Å². The standard InChI is InChI=1S/C28H28N4O2/c1-19-3-7-21(8-4-19)26-18-27(32-13-15-34-16-14-32)24-17-23(11-12-25(24)31-26)30-28(33)29-22-9-5-20(2)6-10-22/h3-12,17-18H,13-16H2,1-2H3,(H2,29,30,33). The third-order valence-electron chi connectivity index (χ3n) is 6.05. The van der Waals surface area contributed by atoms with Crippen molar-refractivity contribution in [3.05, 3.63) is 83.9 Å². The lowest BCUT2D eigenvalue weighted by Crippen LogP contribution is -2.36. The van der Waals surface area contributed by atoms with Crippen molar-refractivity contribution >= 4 is 34.0 Å². The largest absolute Gasteiger partial charge is 0.378 e. The van der Waals surface area contributed by atoms with E-state index in [1.54, 1.807) is 0 Å². The summed E-state index contributed by atoms with van der Waals surface area (Å²) < 4.78 is 5.58. The van der Waals surface area contributed by atoms with Gasteiger partial charge in [0.15, 0.2) is 0 Å². The number of nitrogens with zero attached hydrogens (tertiary/aromatic N) is 2. The number of anilines is 3. The van der Waals surface area contributed by atoms with Gasteiger partial charge in [0.05, 0.1) is 24.4 Å². The molecule has 0 spiro atoms. The lowest BCUT2D eigenvalue weighted by Gasteiger charge is -2.30. The smallest absolute Gasteiger partial charge is 0.323 e. The summed E-state index contributed by atoms with van der Waals surface area (Å²) in [5, 5.41) is 6.85. The predicted molar refractivity (Wildman–Crippen MR) is 139 cm³/mol. The predicted octanol–water partition coefficient (Wildman–Crippen LogP) is 6.00. The molecular weight excluding hydrogens is 424 g/mol. The van der Waals surface area contributed by atoms with E-state index in [9.17, 15) is 4.79 Å². The van der Waals surface area contributed by atoms with Gasteiger partial charge in [0.2, 0.25) is 0 Å². The van der Waals surface area contributed by atoms with Crippen LogP contribution in [0.25, 0.3) is 22.2 Å². The average molecular weight is 453 g/mol. The third-order valence-corrected chi connectivity index (χ3v) is 6.05. The fourth-order valence-electron chi connectivity index (χ4n) is 4.15. The van der Waals surface area contributed by atoms with Gasteiger partial charge in [-0.3, -0.25) is 0 Å². The summed E-state index contributed by atoms with van der Waals surface area (Å²) >= 11 is 0. The minimum absolute atomic E-state index is 0.277. The van der Waals surface area contributed by atoms with Gasteiger partial charge in [0, 0.05) is 41.1 Å². The Labute approximate surface area is 199 Å². The van der Waals surface area contributed by atoms with Crippen LogP contribution in [-0.4, -0.2) is 37.3 Å². The number of ether oxygens (including phenoxy) is 1. The summed E-state index contributed by atoms with van der Waals surface area (Å²) in [4.78, 5) is 19.9. The van der Waals surface area contributed by atoms with E-state index < -0.39 is 0 Å². The number of amides is 2. The maximum absolute atomic E-state index is 12.6. The summed E-state index contributed by atoms with van der Waals surface area (Å²) in [6.07, 6.45) is 0. The molecule has 1 saturated heterocycles. The molecule has 1 aromatic heterocycles. The molecule has 3 aromatic carbocycles. The number of carbonyl (C=O) groups is 1. The van der Waals surface area contributed by atoms with Crippen molar-refractivity contribution in [3.8, 4) is 11.3 Å². The van der Waals surface area contributed by atoms with Gasteiger partial charge < -0.3 is 20.3 Å². The normalized spacial score (nSPS) is 13.6. The van der Waals surface area contributed by atoms with Gasteiger partial charge in [0.25, 0.3) is 0 Å². The molecule has 1 fully saturated rings. The van der Waals surface area contributed by atoms with E-state index in [1.807, 2.05) is 49.4 Å². The van der Waals surface area contributed by atoms with E-state index in [0.717, 1.165) is 57.9 Å². The van der Waals surface area contributed by atoms with Gasteiger partial charge in [-0.1, -0.05) is 47.5 Å². The Balaban J connectivity index is 1.48. The van der Waals surface area contributed by atoms with E-state index >= 15 is 0 Å². The Bertz CT molecular complexity index is 1310. The highest BCUT2D eigenvalue weighted by Gasteiger charge is 2.17. The first-order valence-corrected chi connectivity index (χ1v) is 11.5. The number of fused-ring (bicyclic) bond motifs is 1. The number of aryl methyl sites for hydroxylation is 2. The van der Waals surface area contributed by atoms with Crippen LogP contribution in [-0.2, 0) is 4.74 Å². The Kier molecular flexibility index (Phi) is 6.14. The molecule has 0 unspecified atom stereocenters. The van der Waals surface area contributed by atoms with Crippen LogP contribution >= 0.6 is 0 Å². The molecule has 0 bridgehead atoms. The zero-order valence-corrected chi connectivity index (χ0v) is 19.5. The second kappa shape index (κ2) is 9.53. The monoisotopic (exact) mass is 452 g/mol. The van der Waals surface area contributed by atoms with Crippen molar-refractivity contribution in [2.24, 2.45) is 0 Å². The molecule has 4 aromatic rings. The number of aromatic nitrogens is 1. The summed E-state index contributed by atoms with van der Waals surface area (Å²) in [6, 6.07) is 23.9. The van der Waals surface area contributed by atoms with Crippen LogP contribution in [0.4, 0.5) is 21.9 Å². The Morgan fingerprint density at radius 1 is 0.824 bits per heavy atom. The van der Waals surface area contributed by atoms with Crippen molar-refractivity contribution in [2.45, 2.75) is 13.8 Å². The van der Waals surface area contributed by atoms with Crippen molar-refractivity contribution in [2.75, 3.05) is 41.8 Å². The molecule has 6 nitrogen and oxygen atoms in total. The summed E-state index contributed by atoms with van der Waals surface area (Å²) in [5.41, 5.74) is 7.86. The van der Waals surface area contributed by atoms with Crippen molar-refractivity contribution in [1.29, 1.82) is 0 Å². The first-order valence-electron chi connectivity index (χ1n) is 11.5. The minimum Gasteiger partial charge on any atom is -0.378 e. The van der Waals surface area contributed by atoms with E-state index in [-0.39, 0.29) is 6.03 Å². The Morgan fingerprint density at radius 3 is 2.15 bits per heavy atom. The van der Waals surface area contributed by atoms with Crippen LogP contribution in [0, 0.1) is 13.8 Å². The molecule has 0 atom stereocenters. The van der Waals surface area contributed by atoms with Crippen LogP contribution in [0.15, 0.2) is 72.8 Å². The van der Waals surface area contributed by atoms with E-state index in [0.29, 0.717) is 13.2 Å². The molecule has 0 aliphatic carbocycles. The molecular formula is C28H28N4O2. The molecule has 2 amide bonds. The number of rotatable bonds is 4. The highest BCUT2D eigenvalue weighted by Crippen LogP contribution is 2.33. The summed E-state index contributed by atoms with van der Waals surface area (Å²) in [5.74, 6) is 0. The lowest BCUT2D eigenvalue weighted by atomic mass is 10.0. The zero-order chi connectivity index (χ0) is 23.5. The van der Waals surface area contributed by atoms with Gasteiger partial charge in [-0.25, -0.2) is 9.78 Å². The molecule has 0 radical (unpaired) electrons. The summed E-state index contributed by atoms with van der Waals surface area (Å²) in [6.45, 7) is 7.13. The van der Waals surface area contributed by atoms with Crippen molar-refractivity contribution in [1.82, 2.24) is 4.98 Å². The fourth-order valence-corrected chi connectivity index (χ4v) is 4.15. The second-order valence-electron chi connectivity index (χ2n) is 8.67. The maximum atomic E-state index is 12.6. The van der Waals surface area contributed by atoms with E-state index in [4.69, 9.17) is 9.72 Å². The van der Waals surface area contributed by atoms with Crippen LogP contribution in [0.5, 0.6) is 0 Å². The first kappa shape index (κ1) is 21.9. The second-order valence-corrected chi connectivity index (χ2v) is 8.67. The topological polar surface area (TPSA) is 66.5 Å². The number of urea groups is 1. The van der Waals surface area contributed by atoms with Crippen molar-refractivity contribution in [3.63, 3.8) is 0 Å². The Morgan fingerprint density at radius 2 is 1.44 bits per heavy atom. The molecule has 34 heavy (non-hydrogen) atoms. The number of morpholine rings is 1. The van der Waals surface area contributed by atoms with E-state index in [1.165, 1.54) is 5.56 Å². The van der Waals surface area contributed by atoms with Gasteiger partial charge in [-0.2, -0.15) is 0 Å². The number of hydrogen-bond donors (Lipinski definition) is 2. The number of benzene rings is 3. The van der Waals surface area contributed by atoms with Gasteiger partial charge in [-0.05, 0) is 50.2 Å². The van der Waals surface area contributed by atoms with Gasteiger partial charge in [-0.15, -0.1) is 0 Å². The molecule has 1 aliphatic heterocycles. The molecule has 172 valence electrons. The molecule has 2 heterocycles. The number of carbonyl (C=O) groups excluding carboxylic acids is 1. The first-order chi connectivity index (χ1) is 16.5. The fraction of sp³-hybridized carbons (Fsp3) is 0.214. The van der Waals surface area contributed by atoms with Gasteiger partial charge >= 0.3 is 6.03 Å². The number of nitrogens with one attached hydrogen (secondary N) is 2. The Hall–Kier alpha value is -3.90. The quantitative estimate of drug-likeness (QED) is 0.399. The molecule has 0 saturated carbocycles. The molecule has 6 heteroatoms. The molecule has 1 aliphatic rings. The molecule has 2 N–H and O–H groups in total. The van der Waals surface area contributed by atoms with E-state index in [2.05, 4.69) is 52.8 Å². The highest BCUT2D eigenvalue weighted by molar-refractivity contribution is 6.03. The van der Waals surface area contributed by atoms with Crippen LogP contribution in [0.3, 0.4) is 0 Å². The lowest BCUT2D eigenvalue weighted by molar-refractivity contribution is 0.123. The number of hydrogen-bond acceptors (Lipinski definition) is 4. The number of pyridine rings is 1. The van der Waals surface area contributed by atoms with Crippen molar-refractivity contribution < 1.29 is 9.53 Å². The maximum Gasteiger partial charge on any atom is 0.323 e. The third kappa shape index (κ3) is 4.87. The van der Waals surface area contributed by atoms with Crippen LogP contribution in [0.2, 0.25) is 0 Å².